The second kappa shape index (κ2) is 13.0. The molecule has 1 spiro atoms. The van der Waals surface area contributed by atoms with Crippen LogP contribution in [0.2, 0.25) is 0 Å². The number of methoxy groups -OCH3 is 1. The van der Waals surface area contributed by atoms with E-state index < -0.39 is 0 Å². The molecule has 3 aliphatic rings. The first-order valence-electron chi connectivity index (χ1n) is 15.2. The number of halogens is 1. The summed E-state index contributed by atoms with van der Waals surface area (Å²) in [5.41, 5.74) is 6.57. The van der Waals surface area contributed by atoms with Crippen molar-refractivity contribution in [2.75, 3.05) is 46.6 Å². The topological polar surface area (TPSA) is 72.9 Å². The molecule has 1 N–H and O–H groups in total. The minimum absolute atomic E-state index is 0.0795. The lowest BCUT2D eigenvalue weighted by molar-refractivity contribution is -0.0399. The van der Waals surface area contributed by atoms with E-state index in [2.05, 4.69) is 39.5 Å². The Morgan fingerprint density at radius 2 is 1.72 bits per heavy atom. The molecule has 226 valence electrons. The lowest BCUT2D eigenvalue weighted by atomic mass is 9.59. The number of hydrogen-bond acceptors (Lipinski definition) is 6. The average Bonchev–Trinajstić information content (AvgIpc) is 2.99. The zero-order valence-corrected chi connectivity index (χ0v) is 25.0. The quantitative estimate of drug-likeness (QED) is 0.324. The number of ether oxygens (including phenoxy) is 3. The third-order valence-electron chi connectivity index (χ3n) is 8.89. The van der Waals surface area contributed by atoms with Gasteiger partial charge in [-0.05, 0) is 60.2 Å². The van der Waals surface area contributed by atoms with Gasteiger partial charge in [-0.1, -0.05) is 42.0 Å². The number of carbonyl (C=O) groups excluding carboxylic acids is 1. The summed E-state index contributed by atoms with van der Waals surface area (Å²) in [7, 11) is 1.75. The van der Waals surface area contributed by atoms with Gasteiger partial charge >= 0.3 is 0 Å². The van der Waals surface area contributed by atoms with Crippen LogP contribution < -0.4 is 10.1 Å². The van der Waals surface area contributed by atoms with Gasteiger partial charge in [-0.2, -0.15) is 0 Å². The van der Waals surface area contributed by atoms with Crippen LogP contribution in [0.25, 0.3) is 5.57 Å². The Morgan fingerprint density at radius 3 is 2.40 bits per heavy atom. The molecule has 0 radical (unpaired) electrons. The summed E-state index contributed by atoms with van der Waals surface area (Å²) in [5, 5.41) is 3.10. The number of nitrogens with one attached hydrogen (secondary N) is 1. The molecule has 1 amide bonds. The number of aromatic nitrogens is 1. The standard InChI is InChI=1S/C35H40FN3O4/c1-24(38-34(40)28-17-32(21-37-20-28)43-31-11-14-42-15-12-31)25-3-5-26(6-4-25)33(27-7-9-30(36)10-8-27)29-18-35(19-29)22-39(23-35)13-16-41-2/h3-10,17,20-21,24,31H,11-16,18-19,22-23H2,1-2H3,(H,38,40)/t24-/m1/s1. The Balaban J connectivity index is 1.13. The molecule has 43 heavy (non-hydrogen) atoms. The maximum absolute atomic E-state index is 13.8. The van der Waals surface area contributed by atoms with Crippen LogP contribution in [0.5, 0.6) is 5.75 Å². The van der Waals surface area contributed by atoms with E-state index in [1.54, 1.807) is 25.6 Å². The van der Waals surface area contributed by atoms with Gasteiger partial charge in [0.2, 0.25) is 0 Å². The molecule has 7 nitrogen and oxygen atoms in total. The van der Waals surface area contributed by atoms with Gasteiger partial charge in [-0.3, -0.25) is 14.7 Å². The first kappa shape index (κ1) is 29.5. The summed E-state index contributed by atoms with van der Waals surface area (Å²) in [6.45, 7) is 7.30. The average molecular weight is 586 g/mol. The Labute approximate surface area is 253 Å². The fourth-order valence-corrected chi connectivity index (χ4v) is 6.62. The van der Waals surface area contributed by atoms with Gasteiger partial charge in [0, 0.05) is 51.2 Å². The summed E-state index contributed by atoms with van der Waals surface area (Å²) in [5.74, 6) is 0.164. The normalized spacial score (nSPS) is 18.9. The minimum Gasteiger partial charge on any atom is -0.489 e. The maximum Gasteiger partial charge on any atom is 0.253 e. The molecule has 3 heterocycles. The third kappa shape index (κ3) is 6.82. The van der Waals surface area contributed by atoms with Gasteiger partial charge < -0.3 is 19.5 Å². The Bertz CT molecular complexity index is 1430. The Morgan fingerprint density at radius 1 is 1.05 bits per heavy atom. The second-order valence-electron chi connectivity index (χ2n) is 12.2. The molecule has 3 fully saturated rings. The molecule has 2 aliphatic heterocycles. The van der Waals surface area contributed by atoms with Crippen LogP contribution in [0.3, 0.4) is 0 Å². The molecule has 1 saturated carbocycles. The monoisotopic (exact) mass is 585 g/mol. The molecule has 0 bridgehead atoms. The first-order chi connectivity index (χ1) is 20.9. The fraction of sp³-hybridized carbons (Fsp3) is 0.429. The molecule has 2 aromatic carbocycles. The van der Waals surface area contributed by atoms with E-state index in [0.29, 0.717) is 29.9 Å². The van der Waals surface area contributed by atoms with Crippen molar-refractivity contribution >= 4 is 11.5 Å². The number of benzene rings is 2. The van der Waals surface area contributed by atoms with Crippen LogP contribution in [0.4, 0.5) is 4.39 Å². The smallest absolute Gasteiger partial charge is 0.253 e. The lowest BCUT2D eigenvalue weighted by Gasteiger charge is -2.57. The molecule has 2 saturated heterocycles. The predicted octanol–water partition coefficient (Wildman–Crippen LogP) is 5.81. The molecule has 3 aromatic rings. The number of allylic oxidation sites excluding steroid dienone is 1. The van der Waals surface area contributed by atoms with E-state index in [1.807, 2.05) is 19.1 Å². The van der Waals surface area contributed by atoms with Crippen molar-refractivity contribution in [2.24, 2.45) is 5.41 Å². The molecule has 1 aromatic heterocycles. The van der Waals surface area contributed by atoms with Crippen molar-refractivity contribution in [3.63, 3.8) is 0 Å². The highest BCUT2D eigenvalue weighted by Gasteiger charge is 2.50. The number of hydrogen-bond donors (Lipinski definition) is 1. The first-order valence-corrected chi connectivity index (χ1v) is 15.2. The number of pyridine rings is 1. The van der Waals surface area contributed by atoms with Gasteiger partial charge in [0.25, 0.3) is 5.91 Å². The molecule has 6 rings (SSSR count). The van der Waals surface area contributed by atoms with E-state index in [1.165, 1.54) is 23.3 Å². The number of likely N-dealkylation sites (tertiary alicyclic amines) is 1. The Hall–Kier alpha value is -3.59. The van der Waals surface area contributed by atoms with Gasteiger partial charge in [-0.15, -0.1) is 0 Å². The van der Waals surface area contributed by atoms with E-state index in [9.17, 15) is 9.18 Å². The lowest BCUT2D eigenvalue weighted by Crippen LogP contribution is -2.60. The molecular formula is C35H40FN3O4. The number of carbonyl (C=O) groups is 1. The van der Waals surface area contributed by atoms with Crippen molar-refractivity contribution < 1.29 is 23.4 Å². The van der Waals surface area contributed by atoms with E-state index >= 15 is 0 Å². The highest BCUT2D eigenvalue weighted by molar-refractivity contribution is 5.94. The van der Waals surface area contributed by atoms with Gasteiger partial charge in [-0.25, -0.2) is 4.39 Å². The third-order valence-corrected chi connectivity index (χ3v) is 8.89. The van der Waals surface area contributed by atoms with Crippen LogP contribution >= 0.6 is 0 Å². The van der Waals surface area contributed by atoms with Crippen LogP contribution in [-0.2, 0) is 9.47 Å². The summed E-state index contributed by atoms with van der Waals surface area (Å²) in [4.78, 5) is 19.8. The van der Waals surface area contributed by atoms with Crippen molar-refractivity contribution in [1.29, 1.82) is 0 Å². The van der Waals surface area contributed by atoms with Gasteiger partial charge in [0.1, 0.15) is 17.7 Å². The van der Waals surface area contributed by atoms with E-state index in [-0.39, 0.29) is 23.9 Å². The largest absolute Gasteiger partial charge is 0.489 e. The SMILES string of the molecule is COCCN1CC2(CC(=C(c3ccc(F)cc3)c3ccc([C@@H](C)NC(=O)c4cncc(OC5CCOCC5)c4)cc3)C2)C1. The molecule has 0 unspecified atom stereocenters. The minimum atomic E-state index is -0.234. The van der Waals surface area contributed by atoms with Crippen LogP contribution in [0, 0.1) is 11.2 Å². The van der Waals surface area contributed by atoms with Crippen LogP contribution in [0.15, 0.2) is 72.6 Å². The number of amides is 1. The molecular weight excluding hydrogens is 545 g/mol. The van der Waals surface area contributed by atoms with Crippen LogP contribution in [0.1, 0.15) is 65.7 Å². The highest BCUT2D eigenvalue weighted by Crippen LogP contribution is 2.54. The molecule has 8 heteroatoms. The maximum atomic E-state index is 13.8. The van der Waals surface area contributed by atoms with Crippen LogP contribution in [-0.4, -0.2) is 68.5 Å². The van der Waals surface area contributed by atoms with E-state index in [4.69, 9.17) is 14.2 Å². The second-order valence-corrected chi connectivity index (χ2v) is 12.2. The fourth-order valence-electron chi connectivity index (χ4n) is 6.62. The van der Waals surface area contributed by atoms with Gasteiger partial charge in [0.15, 0.2) is 0 Å². The predicted molar refractivity (Wildman–Crippen MR) is 163 cm³/mol. The van der Waals surface area contributed by atoms with Gasteiger partial charge in [0.05, 0.1) is 37.6 Å². The summed E-state index contributed by atoms with van der Waals surface area (Å²) in [6.07, 6.45) is 7.07. The number of rotatable bonds is 10. The van der Waals surface area contributed by atoms with Crippen molar-refractivity contribution in [1.82, 2.24) is 15.2 Å². The summed E-state index contributed by atoms with van der Waals surface area (Å²) in [6, 6.07) is 16.7. The summed E-state index contributed by atoms with van der Waals surface area (Å²) >= 11 is 0. The summed E-state index contributed by atoms with van der Waals surface area (Å²) < 4.78 is 30.5. The zero-order valence-electron chi connectivity index (χ0n) is 25.0. The van der Waals surface area contributed by atoms with Crippen molar-refractivity contribution in [3.8, 4) is 5.75 Å². The molecule has 1 aliphatic carbocycles. The van der Waals surface area contributed by atoms with Crippen molar-refractivity contribution in [2.45, 2.75) is 44.8 Å². The van der Waals surface area contributed by atoms with E-state index in [0.717, 1.165) is 68.6 Å². The van der Waals surface area contributed by atoms with Crippen molar-refractivity contribution in [3.05, 3.63) is 101 Å². The highest BCUT2D eigenvalue weighted by atomic mass is 19.1. The Kier molecular flexibility index (Phi) is 8.88. The molecule has 1 atom stereocenters. The number of nitrogens with zero attached hydrogens (tertiary/aromatic N) is 2. The zero-order chi connectivity index (χ0) is 29.8.